The first-order valence-electron chi connectivity index (χ1n) is 4.95. The number of aliphatic carboxylic acids is 1. The van der Waals surface area contributed by atoms with Gasteiger partial charge in [0.05, 0.1) is 5.92 Å². The van der Waals surface area contributed by atoms with E-state index in [0.29, 0.717) is 6.54 Å². The third-order valence-corrected chi connectivity index (χ3v) is 2.26. The maximum absolute atomic E-state index is 10.8. The Bertz CT molecular complexity index is 200. The number of carboxylic acids is 1. The fourth-order valence-corrected chi connectivity index (χ4v) is 1.37. The van der Waals surface area contributed by atoms with Gasteiger partial charge in [-0.25, -0.2) is 0 Å². The van der Waals surface area contributed by atoms with Crippen molar-refractivity contribution in [2.75, 3.05) is 19.6 Å². The van der Waals surface area contributed by atoms with Gasteiger partial charge in [0.1, 0.15) is 5.78 Å². The van der Waals surface area contributed by atoms with Crippen molar-refractivity contribution in [2.24, 2.45) is 5.92 Å². The van der Waals surface area contributed by atoms with Crippen molar-refractivity contribution in [3.63, 3.8) is 0 Å². The SMILES string of the molecule is CCN(CC)CC(CC(C)=O)C(=O)O. The van der Waals surface area contributed by atoms with Crippen LogP contribution in [-0.4, -0.2) is 41.4 Å². The van der Waals surface area contributed by atoms with Gasteiger partial charge < -0.3 is 14.8 Å². The highest BCUT2D eigenvalue weighted by Crippen LogP contribution is 2.07. The average molecular weight is 201 g/mol. The molecule has 14 heavy (non-hydrogen) atoms. The Hall–Kier alpha value is -0.900. The zero-order valence-corrected chi connectivity index (χ0v) is 9.12. The van der Waals surface area contributed by atoms with Crippen LogP contribution in [-0.2, 0) is 9.59 Å². The lowest BCUT2D eigenvalue weighted by Crippen LogP contribution is -2.34. The van der Waals surface area contributed by atoms with Gasteiger partial charge in [0.25, 0.3) is 0 Å². The van der Waals surface area contributed by atoms with Crippen LogP contribution in [0, 0.1) is 5.92 Å². The summed E-state index contributed by atoms with van der Waals surface area (Å²) >= 11 is 0. The number of Topliss-reactive ketones (excluding diaryl/α,β-unsaturated/α-hetero) is 1. The highest BCUT2D eigenvalue weighted by atomic mass is 16.4. The largest absolute Gasteiger partial charge is 0.481 e. The van der Waals surface area contributed by atoms with Crippen LogP contribution in [0.4, 0.5) is 0 Å². The minimum Gasteiger partial charge on any atom is -0.481 e. The van der Waals surface area contributed by atoms with Crippen LogP contribution in [0.1, 0.15) is 27.2 Å². The Labute approximate surface area is 84.9 Å². The van der Waals surface area contributed by atoms with Crippen molar-refractivity contribution in [2.45, 2.75) is 27.2 Å². The van der Waals surface area contributed by atoms with Crippen molar-refractivity contribution in [3.8, 4) is 0 Å². The second-order valence-corrected chi connectivity index (χ2v) is 3.43. The molecule has 0 amide bonds. The molecule has 0 saturated carbocycles. The molecule has 4 heteroatoms. The van der Waals surface area contributed by atoms with Gasteiger partial charge in [-0.1, -0.05) is 13.8 Å². The number of nitrogens with zero attached hydrogens (tertiary/aromatic N) is 1. The first kappa shape index (κ1) is 13.1. The number of hydrogen-bond donors (Lipinski definition) is 1. The summed E-state index contributed by atoms with van der Waals surface area (Å²) in [6.07, 6.45) is 0.131. The smallest absolute Gasteiger partial charge is 0.308 e. The highest BCUT2D eigenvalue weighted by molar-refractivity contribution is 5.82. The fraction of sp³-hybridized carbons (Fsp3) is 0.800. The predicted molar refractivity (Wildman–Crippen MR) is 54.2 cm³/mol. The summed E-state index contributed by atoms with van der Waals surface area (Å²) in [7, 11) is 0. The van der Waals surface area contributed by atoms with Crippen molar-refractivity contribution in [1.29, 1.82) is 0 Å². The van der Waals surface area contributed by atoms with Crippen LogP contribution in [0.5, 0.6) is 0 Å². The molecular formula is C10H19NO3. The van der Waals surface area contributed by atoms with Gasteiger partial charge in [-0.3, -0.25) is 4.79 Å². The molecule has 0 radical (unpaired) electrons. The van der Waals surface area contributed by atoms with Gasteiger partial charge in [0.15, 0.2) is 0 Å². The topological polar surface area (TPSA) is 57.6 Å². The Kier molecular flexibility index (Phi) is 6.12. The maximum atomic E-state index is 10.8. The maximum Gasteiger partial charge on any atom is 0.308 e. The zero-order valence-electron chi connectivity index (χ0n) is 9.12. The van der Waals surface area contributed by atoms with Crippen molar-refractivity contribution in [1.82, 2.24) is 4.90 Å². The minimum atomic E-state index is -0.882. The number of carboxylic acid groups (broad SMARTS) is 1. The van der Waals surface area contributed by atoms with Crippen LogP contribution in [0.2, 0.25) is 0 Å². The van der Waals surface area contributed by atoms with E-state index in [2.05, 4.69) is 0 Å². The molecule has 1 N–H and O–H groups in total. The molecule has 1 atom stereocenters. The van der Waals surface area contributed by atoms with E-state index in [1.807, 2.05) is 18.7 Å². The fourth-order valence-electron chi connectivity index (χ4n) is 1.37. The van der Waals surface area contributed by atoms with Crippen molar-refractivity contribution < 1.29 is 14.7 Å². The standard InChI is InChI=1S/C10H19NO3/c1-4-11(5-2)7-9(10(13)14)6-8(3)12/h9H,4-7H2,1-3H3,(H,13,14). The Morgan fingerprint density at radius 1 is 1.29 bits per heavy atom. The van der Waals surface area contributed by atoms with Gasteiger partial charge in [-0.15, -0.1) is 0 Å². The van der Waals surface area contributed by atoms with Gasteiger partial charge >= 0.3 is 5.97 Å². The van der Waals surface area contributed by atoms with Gasteiger partial charge in [-0.05, 0) is 20.0 Å². The molecule has 0 spiro atoms. The minimum absolute atomic E-state index is 0.0652. The van der Waals surface area contributed by atoms with Crippen LogP contribution in [0.3, 0.4) is 0 Å². The predicted octanol–water partition coefficient (Wildman–Crippen LogP) is 1.01. The quantitative estimate of drug-likeness (QED) is 0.667. The van der Waals surface area contributed by atoms with Crippen molar-refractivity contribution >= 4 is 11.8 Å². The zero-order chi connectivity index (χ0) is 11.1. The van der Waals surface area contributed by atoms with E-state index in [1.54, 1.807) is 0 Å². The van der Waals surface area contributed by atoms with Crippen LogP contribution in [0.15, 0.2) is 0 Å². The second kappa shape index (κ2) is 6.54. The van der Waals surface area contributed by atoms with Crippen molar-refractivity contribution in [3.05, 3.63) is 0 Å². The first-order valence-corrected chi connectivity index (χ1v) is 4.95. The molecule has 82 valence electrons. The third-order valence-electron chi connectivity index (χ3n) is 2.26. The Balaban J connectivity index is 4.21. The van der Waals surface area contributed by atoms with Gasteiger partial charge in [0, 0.05) is 13.0 Å². The summed E-state index contributed by atoms with van der Waals surface area (Å²) in [6.45, 7) is 7.49. The molecule has 0 saturated heterocycles. The molecule has 0 bridgehead atoms. The molecule has 0 fully saturated rings. The molecule has 0 aromatic rings. The van der Waals surface area contributed by atoms with E-state index in [-0.39, 0.29) is 12.2 Å². The summed E-state index contributed by atoms with van der Waals surface area (Å²) in [5.41, 5.74) is 0. The third kappa shape index (κ3) is 4.97. The molecule has 4 nitrogen and oxygen atoms in total. The summed E-state index contributed by atoms with van der Waals surface area (Å²) in [4.78, 5) is 23.7. The number of hydrogen-bond acceptors (Lipinski definition) is 3. The van der Waals surface area contributed by atoms with E-state index in [9.17, 15) is 9.59 Å². The molecule has 0 aliphatic rings. The summed E-state index contributed by atoms with van der Waals surface area (Å²) in [5.74, 6) is -1.51. The molecular weight excluding hydrogens is 182 g/mol. The lowest BCUT2D eigenvalue weighted by atomic mass is 10.0. The number of rotatable bonds is 7. The highest BCUT2D eigenvalue weighted by Gasteiger charge is 2.21. The number of ketones is 1. The van der Waals surface area contributed by atoms with E-state index in [0.717, 1.165) is 13.1 Å². The van der Waals surface area contributed by atoms with E-state index >= 15 is 0 Å². The van der Waals surface area contributed by atoms with Gasteiger partial charge in [0.2, 0.25) is 0 Å². The van der Waals surface area contributed by atoms with E-state index < -0.39 is 11.9 Å². The Morgan fingerprint density at radius 2 is 1.79 bits per heavy atom. The van der Waals surface area contributed by atoms with E-state index in [1.165, 1.54) is 6.92 Å². The van der Waals surface area contributed by atoms with Crippen LogP contribution >= 0.6 is 0 Å². The molecule has 0 rings (SSSR count). The average Bonchev–Trinajstić information content (AvgIpc) is 2.11. The normalized spacial score (nSPS) is 12.9. The Morgan fingerprint density at radius 3 is 2.07 bits per heavy atom. The number of carbonyl (C=O) groups excluding carboxylic acids is 1. The summed E-state index contributed by atoms with van der Waals surface area (Å²) < 4.78 is 0. The number of carbonyl (C=O) groups is 2. The van der Waals surface area contributed by atoms with Crippen LogP contribution in [0.25, 0.3) is 0 Å². The lowest BCUT2D eigenvalue weighted by Gasteiger charge is -2.21. The monoisotopic (exact) mass is 201 g/mol. The molecule has 0 heterocycles. The molecule has 1 unspecified atom stereocenters. The molecule has 0 aliphatic carbocycles. The lowest BCUT2D eigenvalue weighted by molar-refractivity contribution is -0.144. The van der Waals surface area contributed by atoms with E-state index in [4.69, 9.17) is 5.11 Å². The summed E-state index contributed by atoms with van der Waals surface area (Å²) in [5, 5.41) is 8.88. The van der Waals surface area contributed by atoms with Gasteiger partial charge in [-0.2, -0.15) is 0 Å². The first-order chi connectivity index (χ1) is 6.51. The molecule has 0 aromatic heterocycles. The summed E-state index contributed by atoms with van der Waals surface area (Å²) in [6, 6.07) is 0. The second-order valence-electron chi connectivity index (χ2n) is 3.43. The molecule has 0 aromatic carbocycles. The van der Waals surface area contributed by atoms with Crippen LogP contribution < -0.4 is 0 Å². The molecule has 0 aliphatic heterocycles.